The van der Waals surface area contributed by atoms with Crippen LogP contribution in [0.4, 0.5) is 18.9 Å². The first-order chi connectivity index (χ1) is 13.2. The number of nitrogens with two attached hydrogens (primary N) is 1. The smallest absolute Gasteiger partial charge is 0.132 e. The van der Waals surface area contributed by atoms with Crippen molar-refractivity contribution in [2.24, 2.45) is 0 Å². The minimum atomic E-state index is -1.30. The standard InChI is InChI=1S/C21H21BrF3N3/c1-11-6-14-13(2-3-18(27)15(14)9-26)20(28(11)10-21(25)4-5-21)19-16(23)7-12(22)8-17(19)24/h2-3,7-9,11,20,26H,4-6,10,27H2,1H3/t11-,20+/m1/s1. The maximum absolute atomic E-state index is 14.9. The second-order valence-corrected chi connectivity index (χ2v) is 8.76. The van der Waals surface area contributed by atoms with Crippen LogP contribution in [0.15, 0.2) is 28.7 Å². The Kier molecular flexibility index (Phi) is 4.78. The number of anilines is 1. The van der Waals surface area contributed by atoms with Gasteiger partial charge in [0.15, 0.2) is 0 Å². The van der Waals surface area contributed by atoms with Crippen LogP contribution in [0.1, 0.15) is 48.1 Å². The highest BCUT2D eigenvalue weighted by Gasteiger charge is 2.48. The number of hydrogen-bond acceptors (Lipinski definition) is 3. The van der Waals surface area contributed by atoms with Gasteiger partial charge in [0, 0.05) is 40.1 Å². The highest BCUT2D eigenvalue weighted by molar-refractivity contribution is 9.10. The summed E-state index contributed by atoms with van der Waals surface area (Å²) in [6.07, 6.45) is 2.65. The monoisotopic (exact) mass is 451 g/mol. The normalized spacial score (nSPS) is 23.3. The summed E-state index contributed by atoms with van der Waals surface area (Å²) in [5.74, 6) is -1.36. The van der Waals surface area contributed by atoms with Crippen LogP contribution in [0, 0.1) is 17.0 Å². The first-order valence-corrected chi connectivity index (χ1v) is 10.0. The van der Waals surface area contributed by atoms with E-state index in [9.17, 15) is 13.2 Å². The van der Waals surface area contributed by atoms with Crippen LogP contribution in [-0.2, 0) is 6.42 Å². The Morgan fingerprint density at radius 2 is 1.93 bits per heavy atom. The van der Waals surface area contributed by atoms with Crippen molar-refractivity contribution in [3.8, 4) is 0 Å². The van der Waals surface area contributed by atoms with Gasteiger partial charge >= 0.3 is 0 Å². The van der Waals surface area contributed by atoms with Crippen molar-refractivity contribution in [1.82, 2.24) is 4.90 Å². The summed E-state index contributed by atoms with van der Waals surface area (Å²) in [6.45, 7) is 2.05. The van der Waals surface area contributed by atoms with Gasteiger partial charge in [0.25, 0.3) is 0 Å². The molecule has 2 aromatic carbocycles. The molecule has 0 amide bonds. The molecule has 3 N–H and O–H groups in total. The van der Waals surface area contributed by atoms with Gasteiger partial charge in [-0.05, 0) is 55.5 Å². The average Bonchev–Trinajstić information content (AvgIpc) is 3.34. The van der Waals surface area contributed by atoms with Gasteiger partial charge in [0.2, 0.25) is 0 Å². The summed E-state index contributed by atoms with van der Waals surface area (Å²) >= 11 is 3.12. The Labute approximate surface area is 170 Å². The number of nitrogens with one attached hydrogen (secondary N) is 1. The highest BCUT2D eigenvalue weighted by Crippen LogP contribution is 2.47. The fourth-order valence-electron chi connectivity index (χ4n) is 4.20. The van der Waals surface area contributed by atoms with Crippen molar-refractivity contribution in [3.63, 3.8) is 0 Å². The molecule has 1 aliphatic heterocycles. The second-order valence-electron chi connectivity index (χ2n) is 7.84. The van der Waals surface area contributed by atoms with E-state index in [-0.39, 0.29) is 18.2 Å². The van der Waals surface area contributed by atoms with Gasteiger partial charge in [-0.2, -0.15) is 0 Å². The number of nitrogen functional groups attached to an aromatic ring is 1. The van der Waals surface area contributed by atoms with Crippen LogP contribution in [0.5, 0.6) is 0 Å². The number of benzene rings is 2. The molecule has 1 fully saturated rings. The van der Waals surface area contributed by atoms with Gasteiger partial charge in [-0.15, -0.1) is 0 Å². The molecule has 1 heterocycles. The Bertz CT molecular complexity index is 935. The molecule has 2 aromatic rings. The van der Waals surface area contributed by atoms with Gasteiger partial charge in [0.1, 0.15) is 17.3 Å². The topological polar surface area (TPSA) is 53.1 Å². The van der Waals surface area contributed by atoms with Crippen LogP contribution in [-0.4, -0.2) is 29.4 Å². The van der Waals surface area contributed by atoms with E-state index < -0.39 is 23.3 Å². The Morgan fingerprint density at radius 1 is 1.29 bits per heavy atom. The van der Waals surface area contributed by atoms with Crippen molar-refractivity contribution in [2.45, 2.75) is 43.9 Å². The van der Waals surface area contributed by atoms with Gasteiger partial charge in [-0.3, -0.25) is 4.90 Å². The number of rotatable bonds is 4. The summed E-state index contributed by atoms with van der Waals surface area (Å²) in [7, 11) is 0. The summed E-state index contributed by atoms with van der Waals surface area (Å²) in [5.41, 5.74) is 7.13. The predicted molar refractivity (Wildman–Crippen MR) is 108 cm³/mol. The Balaban J connectivity index is 1.94. The summed E-state index contributed by atoms with van der Waals surface area (Å²) in [5, 5.41) is 7.74. The molecular weight excluding hydrogens is 431 g/mol. The SMILES string of the molecule is C[C@@H]1Cc2c(ccc(N)c2C=N)[C@@H](c2c(F)cc(Br)cc2F)N1CC1(F)CC1. The molecular formula is C21H21BrF3N3. The van der Waals surface area contributed by atoms with E-state index in [0.717, 1.165) is 5.56 Å². The van der Waals surface area contributed by atoms with Crippen LogP contribution < -0.4 is 5.73 Å². The lowest BCUT2D eigenvalue weighted by Crippen LogP contribution is -2.47. The fraction of sp³-hybridized carbons (Fsp3) is 0.381. The Morgan fingerprint density at radius 3 is 2.50 bits per heavy atom. The molecule has 2 atom stereocenters. The number of alkyl halides is 1. The van der Waals surface area contributed by atoms with E-state index in [4.69, 9.17) is 11.1 Å². The largest absolute Gasteiger partial charge is 0.398 e. The molecule has 4 rings (SSSR count). The first kappa shape index (κ1) is 19.5. The third kappa shape index (κ3) is 3.24. The molecule has 0 radical (unpaired) electrons. The maximum Gasteiger partial charge on any atom is 0.132 e. The lowest BCUT2D eigenvalue weighted by molar-refractivity contribution is 0.0948. The van der Waals surface area contributed by atoms with Crippen molar-refractivity contribution in [2.75, 3.05) is 12.3 Å². The molecule has 3 nitrogen and oxygen atoms in total. The molecule has 1 saturated carbocycles. The van der Waals surface area contributed by atoms with E-state index in [2.05, 4.69) is 15.9 Å². The third-order valence-corrected chi connectivity index (χ3v) is 6.30. The average molecular weight is 452 g/mol. The number of halogens is 4. The molecule has 0 bridgehead atoms. The van der Waals surface area contributed by atoms with Gasteiger partial charge in [-0.25, -0.2) is 13.2 Å². The first-order valence-electron chi connectivity index (χ1n) is 9.25. The maximum atomic E-state index is 14.9. The van der Waals surface area contributed by atoms with Gasteiger partial charge in [0.05, 0.1) is 6.04 Å². The highest BCUT2D eigenvalue weighted by atomic mass is 79.9. The quantitative estimate of drug-likeness (QED) is 0.499. The van der Waals surface area contributed by atoms with E-state index in [1.807, 2.05) is 11.8 Å². The molecule has 148 valence electrons. The van der Waals surface area contributed by atoms with E-state index in [0.29, 0.717) is 40.5 Å². The third-order valence-electron chi connectivity index (χ3n) is 5.84. The number of nitrogens with zero attached hydrogens (tertiary/aromatic N) is 1. The number of hydrogen-bond donors (Lipinski definition) is 2. The lowest BCUT2D eigenvalue weighted by atomic mass is 9.82. The Hall–Kier alpha value is -1.86. The molecule has 0 saturated heterocycles. The van der Waals surface area contributed by atoms with Crippen molar-refractivity contribution < 1.29 is 13.2 Å². The molecule has 0 spiro atoms. The van der Waals surface area contributed by atoms with Crippen LogP contribution in [0.25, 0.3) is 0 Å². The molecule has 1 aliphatic carbocycles. The van der Waals surface area contributed by atoms with Crippen molar-refractivity contribution in [3.05, 3.63) is 62.6 Å². The van der Waals surface area contributed by atoms with Crippen LogP contribution >= 0.6 is 15.9 Å². The van der Waals surface area contributed by atoms with Crippen LogP contribution in [0.3, 0.4) is 0 Å². The molecule has 28 heavy (non-hydrogen) atoms. The fourth-order valence-corrected chi connectivity index (χ4v) is 4.61. The zero-order chi connectivity index (χ0) is 20.2. The van der Waals surface area contributed by atoms with Gasteiger partial charge < -0.3 is 11.1 Å². The second kappa shape index (κ2) is 6.88. The van der Waals surface area contributed by atoms with E-state index >= 15 is 0 Å². The van der Waals surface area contributed by atoms with Crippen molar-refractivity contribution >= 4 is 27.8 Å². The summed E-state index contributed by atoms with van der Waals surface area (Å²) < 4.78 is 44.9. The van der Waals surface area contributed by atoms with Gasteiger partial charge in [-0.1, -0.05) is 22.0 Å². The molecule has 2 aliphatic rings. The summed E-state index contributed by atoms with van der Waals surface area (Å²) in [6, 6.07) is 4.92. The zero-order valence-electron chi connectivity index (χ0n) is 15.4. The van der Waals surface area contributed by atoms with Crippen molar-refractivity contribution in [1.29, 1.82) is 5.41 Å². The minimum absolute atomic E-state index is 0.0963. The number of fused-ring (bicyclic) bond motifs is 1. The molecule has 0 aromatic heterocycles. The van der Waals surface area contributed by atoms with E-state index in [1.165, 1.54) is 18.3 Å². The minimum Gasteiger partial charge on any atom is -0.398 e. The van der Waals surface area contributed by atoms with Crippen LogP contribution in [0.2, 0.25) is 0 Å². The predicted octanol–water partition coefficient (Wildman–Crippen LogP) is 5.15. The lowest BCUT2D eigenvalue weighted by Gasteiger charge is -2.43. The molecule has 7 heteroatoms. The van der Waals surface area contributed by atoms with E-state index in [1.54, 1.807) is 12.1 Å². The zero-order valence-corrected chi connectivity index (χ0v) is 17.0. The summed E-state index contributed by atoms with van der Waals surface area (Å²) in [4.78, 5) is 1.86. The molecule has 0 unspecified atom stereocenters.